The molecule has 0 saturated carbocycles. The van der Waals surface area contributed by atoms with Crippen molar-refractivity contribution >= 4 is 59.2 Å². The van der Waals surface area contributed by atoms with E-state index in [1.807, 2.05) is 80.6 Å². The summed E-state index contributed by atoms with van der Waals surface area (Å²) in [4.78, 5) is 0.226. The highest BCUT2D eigenvalue weighted by Crippen LogP contribution is 2.43. The van der Waals surface area contributed by atoms with E-state index in [0.717, 1.165) is 21.6 Å². The van der Waals surface area contributed by atoms with Gasteiger partial charge in [0.05, 0.1) is 10.4 Å². The van der Waals surface area contributed by atoms with Crippen molar-refractivity contribution in [2.24, 2.45) is 5.14 Å². The van der Waals surface area contributed by atoms with Gasteiger partial charge in [0.25, 0.3) is 10.0 Å². The van der Waals surface area contributed by atoms with Crippen molar-refractivity contribution in [3.8, 4) is 0 Å². The van der Waals surface area contributed by atoms with Crippen molar-refractivity contribution in [2.75, 3.05) is 0 Å². The number of para-hydroxylation sites is 1. The van der Waals surface area contributed by atoms with Gasteiger partial charge in [-0.05, 0) is 56.1 Å². The van der Waals surface area contributed by atoms with E-state index in [-0.39, 0.29) is 13.3 Å². The molecule has 0 aliphatic rings. The Hall–Kier alpha value is -2.87. The molecule has 0 fully saturated rings. The lowest BCUT2D eigenvalue weighted by Gasteiger charge is -2.26. The Kier molecular flexibility index (Phi) is 9.28. The standard InChI is InChI=1S/C31H31N2O3PS2.B/c1-31(2,38(32)34)22-28-27-20-12-13-21-29(27)33(39(35,36)26-18-10-5-11-19-26)30(28)23-37(24-14-6-3-7-15-24)25-16-8-4-9-17-25;/h3-21H,22-23,32H2,1-2H3;. The molecule has 3 radical (unpaired) electrons. The van der Waals surface area contributed by atoms with Crippen molar-refractivity contribution in [3.05, 3.63) is 127 Å². The first kappa shape index (κ1) is 30.1. The van der Waals surface area contributed by atoms with Crippen molar-refractivity contribution in [2.45, 2.75) is 36.1 Å². The van der Waals surface area contributed by atoms with E-state index in [1.165, 1.54) is 3.97 Å². The van der Waals surface area contributed by atoms with Gasteiger partial charge in [-0.25, -0.2) is 12.4 Å². The summed E-state index contributed by atoms with van der Waals surface area (Å²) in [5, 5.41) is 9.07. The van der Waals surface area contributed by atoms with E-state index in [9.17, 15) is 13.0 Å². The van der Waals surface area contributed by atoms with E-state index in [2.05, 4.69) is 24.3 Å². The molecule has 1 atom stereocenters. The minimum Gasteiger partial charge on any atom is -0.598 e. The van der Waals surface area contributed by atoms with Crippen LogP contribution in [0, 0.1) is 0 Å². The van der Waals surface area contributed by atoms with Gasteiger partial charge in [-0.15, -0.1) is 0 Å². The lowest BCUT2D eigenvalue weighted by Crippen LogP contribution is -2.40. The highest BCUT2D eigenvalue weighted by molar-refractivity contribution is 7.90. The molecule has 1 heterocycles. The normalized spacial score (nSPS) is 12.8. The van der Waals surface area contributed by atoms with E-state index in [1.54, 1.807) is 24.3 Å². The Morgan fingerprint density at radius 2 is 1.27 bits per heavy atom. The molecule has 2 N–H and O–H groups in total. The quantitative estimate of drug-likeness (QED) is 0.149. The fourth-order valence-corrected chi connectivity index (χ4v) is 9.19. The highest BCUT2D eigenvalue weighted by Gasteiger charge is 2.36. The summed E-state index contributed by atoms with van der Waals surface area (Å²) in [5.41, 5.74) is 2.19. The third kappa shape index (κ3) is 5.92. The zero-order chi connectivity index (χ0) is 27.6. The summed E-state index contributed by atoms with van der Waals surface area (Å²) in [6, 6.07) is 36.6. The smallest absolute Gasteiger partial charge is 0.268 e. The first-order valence-electron chi connectivity index (χ1n) is 12.7. The number of aromatic nitrogens is 1. The van der Waals surface area contributed by atoms with Gasteiger partial charge < -0.3 is 4.55 Å². The van der Waals surface area contributed by atoms with Crippen molar-refractivity contribution in [1.82, 2.24) is 3.97 Å². The molecular formula is C31H31BN2O3PS2. The topological polar surface area (TPSA) is 88.2 Å². The maximum absolute atomic E-state index is 14.3. The average molecular weight is 586 g/mol. The number of hydrogen-bond acceptors (Lipinski definition) is 4. The molecule has 0 aliphatic carbocycles. The van der Waals surface area contributed by atoms with Crippen LogP contribution in [0.4, 0.5) is 0 Å². The summed E-state index contributed by atoms with van der Waals surface area (Å²) in [6.07, 6.45) is 0.864. The minimum atomic E-state index is -3.94. The van der Waals surface area contributed by atoms with Crippen LogP contribution in [0.5, 0.6) is 0 Å². The van der Waals surface area contributed by atoms with Crippen molar-refractivity contribution < 1.29 is 13.0 Å². The molecule has 5 rings (SSSR count). The van der Waals surface area contributed by atoms with Gasteiger partial charge in [0.1, 0.15) is 4.75 Å². The van der Waals surface area contributed by atoms with Crippen LogP contribution in [-0.2, 0) is 34.0 Å². The molecule has 9 heteroatoms. The van der Waals surface area contributed by atoms with Crippen molar-refractivity contribution in [1.29, 1.82) is 0 Å². The van der Waals surface area contributed by atoms with Crippen LogP contribution in [0.15, 0.2) is 120 Å². The second kappa shape index (κ2) is 12.3. The average Bonchev–Trinajstić information content (AvgIpc) is 3.26. The summed E-state index contributed by atoms with van der Waals surface area (Å²) in [6.45, 7) is 3.73. The van der Waals surface area contributed by atoms with Gasteiger partial charge in [0, 0.05) is 43.4 Å². The highest BCUT2D eigenvalue weighted by atomic mass is 32.2. The van der Waals surface area contributed by atoms with E-state index >= 15 is 0 Å². The molecule has 0 bridgehead atoms. The van der Waals surface area contributed by atoms with Crippen LogP contribution < -0.4 is 15.7 Å². The monoisotopic (exact) mass is 585 g/mol. The number of rotatable bonds is 9. The first-order chi connectivity index (χ1) is 18.7. The second-order valence-electron chi connectivity index (χ2n) is 10.0. The van der Waals surface area contributed by atoms with Gasteiger partial charge in [0.2, 0.25) is 0 Å². The fraction of sp³-hybridized carbons (Fsp3) is 0.161. The summed E-state index contributed by atoms with van der Waals surface area (Å²) < 4.78 is 42.0. The largest absolute Gasteiger partial charge is 0.598 e. The number of benzene rings is 4. The molecule has 4 aromatic carbocycles. The Bertz CT molecular complexity index is 1640. The van der Waals surface area contributed by atoms with E-state index in [0.29, 0.717) is 23.8 Å². The second-order valence-corrected chi connectivity index (χ2v) is 15.7. The van der Waals surface area contributed by atoms with Gasteiger partial charge in [0.15, 0.2) is 0 Å². The van der Waals surface area contributed by atoms with Crippen molar-refractivity contribution in [3.63, 3.8) is 0 Å². The Balaban J connectivity index is 0.00000370. The molecule has 40 heavy (non-hydrogen) atoms. The SMILES string of the molecule is CC(C)(Cc1c(CP(c2ccccc2)c2ccccc2)n(S(=O)(=O)c2ccccc2)c2ccccc12)[S+](N)[O-].[B]. The number of nitrogens with two attached hydrogens (primary N) is 1. The Morgan fingerprint density at radius 3 is 1.80 bits per heavy atom. The number of nitrogens with zero attached hydrogens (tertiary/aromatic N) is 1. The maximum atomic E-state index is 14.3. The third-order valence-corrected chi connectivity index (χ3v) is 12.4. The van der Waals surface area contributed by atoms with Crippen LogP contribution in [0.3, 0.4) is 0 Å². The zero-order valence-electron chi connectivity index (χ0n) is 22.5. The van der Waals surface area contributed by atoms with Gasteiger partial charge in [-0.2, -0.15) is 5.14 Å². The lowest BCUT2D eigenvalue weighted by atomic mass is 9.99. The maximum Gasteiger partial charge on any atom is 0.268 e. The molecule has 203 valence electrons. The summed E-state index contributed by atoms with van der Waals surface area (Å²) in [7, 11) is -4.90. The molecule has 0 spiro atoms. The van der Waals surface area contributed by atoms with E-state index in [4.69, 9.17) is 5.14 Å². The molecule has 0 saturated heterocycles. The van der Waals surface area contributed by atoms with Gasteiger partial charge in [-0.1, -0.05) is 97.1 Å². The lowest BCUT2D eigenvalue weighted by molar-refractivity contribution is 0.544. The molecule has 1 unspecified atom stereocenters. The zero-order valence-corrected chi connectivity index (χ0v) is 25.0. The Morgan fingerprint density at radius 1 is 0.800 bits per heavy atom. The molecule has 5 aromatic rings. The first-order valence-corrected chi connectivity index (χ1v) is 16.8. The number of fused-ring (bicyclic) bond motifs is 1. The predicted molar refractivity (Wildman–Crippen MR) is 170 cm³/mol. The van der Waals surface area contributed by atoms with E-state index < -0.39 is 34.1 Å². The van der Waals surface area contributed by atoms with Crippen LogP contribution in [0.1, 0.15) is 25.1 Å². The summed E-state index contributed by atoms with van der Waals surface area (Å²) in [5.74, 6) is 0. The number of hydrogen-bond donors (Lipinski definition) is 1. The minimum absolute atomic E-state index is 0. The third-order valence-electron chi connectivity index (χ3n) is 6.91. The van der Waals surface area contributed by atoms with Crippen LogP contribution >= 0.6 is 7.92 Å². The molecule has 0 amide bonds. The fourth-order valence-electron chi connectivity index (χ4n) is 4.85. The molecule has 1 aromatic heterocycles. The molecular weight excluding hydrogens is 554 g/mol. The van der Waals surface area contributed by atoms with Crippen LogP contribution in [0.25, 0.3) is 10.9 Å². The van der Waals surface area contributed by atoms with Crippen LogP contribution in [0.2, 0.25) is 0 Å². The summed E-state index contributed by atoms with van der Waals surface area (Å²) >= 11 is -1.61. The predicted octanol–water partition coefficient (Wildman–Crippen LogP) is 5.07. The van der Waals surface area contributed by atoms with Crippen LogP contribution in [-0.4, -0.2) is 30.1 Å². The van der Waals surface area contributed by atoms with Gasteiger partial charge in [-0.3, -0.25) is 0 Å². The Labute approximate surface area is 243 Å². The van der Waals surface area contributed by atoms with Gasteiger partial charge >= 0.3 is 0 Å². The molecule has 5 nitrogen and oxygen atoms in total. The molecule has 0 aliphatic heterocycles.